The number of unbranched alkanes of at least 4 members (excludes halogenated alkanes) is 5. The number of hydrogen-bond acceptors (Lipinski definition) is 3. The summed E-state index contributed by atoms with van der Waals surface area (Å²) in [4.78, 5) is 22.0. The maximum absolute atomic E-state index is 11.1. The Balaban J connectivity index is 3.63. The third-order valence-electron chi connectivity index (χ3n) is 3.42. The molecular weight excluding hydrogens is 300 g/mol. The van der Waals surface area contributed by atoms with E-state index in [0.29, 0.717) is 12.8 Å². The molecule has 0 bridgehead atoms. The fourth-order valence-electron chi connectivity index (χ4n) is 1.96. The van der Waals surface area contributed by atoms with Crippen LogP contribution in [-0.2, 0) is 14.3 Å². The number of hydrogen-bond donors (Lipinski definition) is 0. The van der Waals surface area contributed by atoms with Crippen LogP contribution in [0.4, 0.5) is 0 Å². The molecule has 3 nitrogen and oxygen atoms in total. The van der Waals surface area contributed by atoms with Gasteiger partial charge in [0.2, 0.25) is 0 Å². The summed E-state index contributed by atoms with van der Waals surface area (Å²) in [6.07, 6.45) is 13.4. The maximum Gasteiger partial charge on any atom is 0.305 e. The number of carbonyl (C=O) groups excluding carboxylic acids is 2. The van der Waals surface area contributed by atoms with E-state index >= 15 is 0 Å². The molecule has 0 aromatic heterocycles. The quantitative estimate of drug-likeness (QED) is 0.247. The van der Waals surface area contributed by atoms with Gasteiger partial charge >= 0.3 is 5.97 Å². The van der Waals surface area contributed by atoms with Crippen LogP contribution in [0.3, 0.4) is 0 Å². The highest BCUT2D eigenvalue weighted by Gasteiger charge is 2.03. The zero-order valence-corrected chi connectivity index (χ0v) is 14.9. The van der Waals surface area contributed by atoms with Gasteiger partial charge < -0.3 is 4.74 Å². The van der Waals surface area contributed by atoms with Gasteiger partial charge in [-0.05, 0) is 38.0 Å². The van der Waals surface area contributed by atoms with E-state index < -0.39 is 5.92 Å². The molecule has 0 spiro atoms. The minimum Gasteiger partial charge on any atom is -0.469 e. The van der Waals surface area contributed by atoms with Crippen molar-refractivity contribution in [3.8, 4) is 23.7 Å². The lowest BCUT2D eigenvalue weighted by Crippen LogP contribution is -2.03. The number of Topliss-reactive ketones (excluding diaryl/α,β-unsaturated/α-hetero) is 1. The van der Waals surface area contributed by atoms with Gasteiger partial charge in [0.05, 0.1) is 13.0 Å². The Bertz CT molecular complexity index is 535. The highest BCUT2D eigenvalue weighted by atomic mass is 16.5. The maximum atomic E-state index is 11.1. The molecule has 0 saturated carbocycles. The Morgan fingerprint density at radius 1 is 1.08 bits per heavy atom. The molecule has 130 valence electrons. The number of methoxy groups -OCH3 is 1. The molecule has 0 rings (SSSR count). The fourth-order valence-corrected chi connectivity index (χ4v) is 1.96. The van der Waals surface area contributed by atoms with Crippen molar-refractivity contribution in [1.29, 1.82) is 0 Å². The summed E-state index contributed by atoms with van der Waals surface area (Å²) in [5.41, 5.74) is 0. The van der Waals surface area contributed by atoms with E-state index in [0.717, 1.165) is 32.1 Å². The van der Waals surface area contributed by atoms with Crippen LogP contribution >= 0.6 is 0 Å². The van der Waals surface area contributed by atoms with Crippen LogP contribution in [0.15, 0.2) is 24.8 Å². The van der Waals surface area contributed by atoms with E-state index in [1.54, 1.807) is 0 Å². The Kier molecular flexibility index (Phi) is 14.2. The Labute approximate surface area is 146 Å². The first-order chi connectivity index (χ1) is 11.6. The molecule has 0 aliphatic carbocycles. The lowest BCUT2D eigenvalue weighted by atomic mass is 10.1. The van der Waals surface area contributed by atoms with Crippen molar-refractivity contribution in [2.24, 2.45) is 5.92 Å². The summed E-state index contributed by atoms with van der Waals surface area (Å²) >= 11 is 0. The highest BCUT2D eigenvalue weighted by Crippen LogP contribution is 2.08. The zero-order chi connectivity index (χ0) is 18.0. The molecule has 0 aliphatic heterocycles. The number of rotatable bonds is 11. The first kappa shape index (κ1) is 21.7. The van der Waals surface area contributed by atoms with Gasteiger partial charge in [0, 0.05) is 12.8 Å². The van der Waals surface area contributed by atoms with Gasteiger partial charge in [-0.1, -0.05) is 49.3 Å². The van der Waals surface area contributed by atoms with Crippen LogP contribution in [0.1, 0.15) is 58.3 Å². The molecule has 1 atom stereocenters. The number of ketones is 1. The lowest BCUT2D eigenvalue weighted by Gasteiger charge is -1.99. The molecule has 0 aromatic carbocycles. The second-order valence-corrected chi connectivity index (χ2v) is 5.45. The second-order valence-electron chi connectivity index (χ2n) is 5.45. The van der Waals surface area contributed by atoms with E-state index in [-0.39, 0.29) is 11.8 Å². The predicted octanol–water partition coefficient (Wildman–Crippen LogP) is 4.23. The summed E-state index contributed by atoms with van der Waals surface area (Å²) in [7, 11) is 1.43. The van der Waals surface area contributed by atoms with Crippen molar-refractivity contribution < 1.29 is 14.3 Å². The Hall–Kier alpha value is -2.26. The van der Waals surface area contributed by atoms with Crippen molar-refractivity contribution in [3.05, 3.63) is 24.8 Å². The predicted molar refractivity (Wildman–Crippen MR) is 98.0 cm³/mol. The molecule has 0 amide bonds. The van der Waals surface area contributed by atoms with E-state index in [2.05, 4.69) is 41.1 Å². The van der Waals surface area contributed by atoms with Crippen LogP contribution in [-0.4, -0.2) is 18.9 Å². The number of ether oxygens (including phenoxy) is 1. The van der Waals surface area contributed by atoms with Crippen molar-refractivity contribution >= 4 is 11.8 Å². The zero-order valence-electron chi connectivity index (χ0n) is 14.9. The third-order valence-corrected chi connectivity index (χ3v) is 3.42. The first-order valence-electron chi connectivity index (χ1n) is 8.45. The molecule has 0 aromatic rings. The molecule has 0 heterocycles. The van der Waals surface area contributed by atoms with Crippen LogP contribution in [0.2, 0.25) is 0 Å². The SMILES string of the molecule is C=C[C@@H](C#CC#CC/C=C\CCCCCCCC(=O)OC)C(C)=O. The minimum atomic E-state index is -0.414. The molecule has 24 heavy (non-hydrogen) atoms. The van der Waals surface area contributed by atoms with Gasteiger partial charge in [0.1, 0.15) is 5.78 Å². The largest absolute Gasteiger partial charge is 0.469 e. The molecule has 0 unspecified atom stereocenters. The average Bonchev–Trinajstić information content (AvgIpc) is 2.57. The normalized spacial score (nSPS) is 10.9. The molecule has 0 aliphatic rings. The van der Waals surface area contributed by atoms with E-state index in [1.165, 1.54) is 26.5 Å². The van der Waals surface area contributed by atoms with Crippen molar-refractivity contribution in [2.75, 3.05) is 7.11 Å². The fraction of sp³-hybridized carbons (Fsp3) is 0.524. The lowest BCUT2D eigenvalue weighted by molar-refractivity contribution is -0.140. The van der Waals surface area contributed by atoms with Gasteiger partial charge in [-0.3, -0.25) is 9.59 Å². The summed E-state index contributed by atoms with van der Waals surface area (Å²) in [5, 5.41) is 0. The minimum absolute atomic E-state index is 0.00973. The van der Waals surface area contributed by atoms with Crippen LogP contribution in [0.5, 0.6) is 0 Å². The smallest absolute Gasteiger partial charge is 0.305 e. The molecule has 0 radical (unpaired) electrons. The number of carbonyl (C=O) groups is 2. The van der Waals surface area contributed by atoms with Crippen molar-refractivity contribution in [1.82, 2.24) is 0 Å². The van der Waals surface area contributed by atoms with Crippen molar-refractivity contribution in [3.63, 3.8) is 0 Å². The van der Waals surface area contributed by atoms with Gasteiger partial charge in [-0.25, -0.2) is 0 Å². The number of esters is 1. The summed E-state index contributed by atoms with van der Waals surface area (Å²) < 4.78 is 4.60. The third kappa shape index (κ3) is 13.4. The van der Waals surface area contributed by atoms with Gasteiger partial charge in [0.15, 0.2) is 0 Å². The molecular formula is C21H28O3. The van der Waals surface area contributed by atoms with Crippen molar-refractivity contribution in [2.45, 2.75) is 58.3 Å². The van der Waals surface area contributed by atoms with Crippen LogP contribution in [0.25, 0.3) is 0 Å². The van der Waals surface area contributed by atoms with Crippen LogP contribution in [0, 0.1) is 29.6 Å². The summed E-state index contributed by atoms with van der Waals surface area (Å²) in [6.45, 7) is 5.07. The van der Waals surface area contributed by atoms with Gasteiger partial charge in [-0.2, -0.15) is 0 Å². The molecule has 0 fully saturated rings. The standard InChI is InChI=1S/C21H28O3/c1-4-20(19(2)22)17-15-13-11-9-7-5-6-8-10-12-14-16-18-21(23)24-3/h4-5,7,20H,1,6,8-10,12,14,16,18H2,2-3H3/b7-5-/t20-/m0/s1. The Morgan fingerprint density at radius 2 is 1.79 bits per heavy atom. The Morgan fingerprint density at radius 3 is 2.46 bits per heavy atom. The summed E-state index contributed by atoms with van der Waals surface area (Å²) in [5.74, 6) is 10.6. The number of allylic oxidation sites excluding steroid dienone is 3. The molecule has 3 heteroatoms. The summed E-state index contributed by atoms with van der Waals surface area (Å²) in [6, 6.07) is 0. The monoisotopic (exact) mass is 328 g/mol. The van der Waals surface area contributed by atoms with E-state index in [1.807, 2.05) is 6.08 Å². The second kappa shape index (κ2) is 15.6. The van der Waals surface area contributed by atoms with Crippen LogP contribution < -0.4 is 0 Å². The average molecular weight is 328 g/mol. The van der Waals surface area contributed by atoms with E-state index in [4.69, 9.17) is 0 Å². The first-order valence-corrected chi connectivity index (χ1v) is 8.45. The molecule has 0 N–H and O–H groups in total. The van der Waals surface area contributed by atoms with E-state index in [9.17, 15) is 9.59 Å². The molecule has 0 saturated heterocycles. The topological polar surface area (TPSA) is 43.4 Å². The van der Waals surface area contributed by atoms with Gasteiger partial charge in [0.25, 0.3) is 0 Å². The highest BCUT2D eigenvalue weighted by molar-refractivity contribution is 5.83. The van der Waals surface area contributed by atoms with Gasteiger partial charge in [-0.15, -0.1) is 6.58 Å².